The van der Waals surface area contributed by atoms with Crippen LogP contribution >= 0.6 is 11.6 Å². The number of alkyl halides is 2. The molecule has 0 saturated carbocycles. The Morgan fingerprint density at radius 2 is 2.12 bits per heavy atom. The summed E-state index contributed by atoms with van der Waals surface area (Å²) < 4.78 is 29.2. The maximum absolute atomic E-state index is 13.8. The van der Waals surface area contributed by atoms with Crippen LogP contribution in [0.4, 0.5) is 8.78 Å². The van der Waals surface area contributed by atoms with Crippen molar-refractivity contribution in [3.8, 4) is 0 Å². The molecule has 5 heteroatoms. The van der Waals surface area contributed by atoms with E-state index in [9.17, 15) is 8.78 Å². The first-order chi connectivity index (χ1) is 7.95. The van der Waals surface area contributed by atoms with E-state index >= 15 is 0 Å². The summed E-state index contributed by atoms with van der Waals surface area (Å²) in [5, 5.41) is 9.66. The van der Waals surface area contributed by atoms with Crippen LogP contribution < -0.4 is 0 Å². The van der Waals surface area contributed by atoms with E-state index in [1.54, 1.807) is 29.8 Å². The molecule has 1 aromatic heterocycles. The average molecular weight is 260 g/mol. The quantitative estimate of drug-likeness (QED) is 0.899. The summed E-state index contributed by atoms with van der Waals surface area (Å²) in [6.45, 7) is -0.545. The fourth-order valence-corrected chi connectivity index (χ4v) is 2.09. The van der Waals surface area contributed by atoms with Crippen molar-refractivity contribution in [2.45, 2.75) is 12.3 Å². The molecule has 2 aromatic rings. The number of benzene rings is 1. The number of hydrogen-bond acceptors (Lipinski definition) is 1. The van der Waals surface area contributed by atoms with Gasteiger partial charge in [0.05, 0.1) is 0 Å². The number of aliphatic hydroxyl groups excluding tert-OH is 1. The maximum Gasteiger partial charge on any atom is 0.277 e. The number of rotatable bonds is 3. The molecular weight excluding hydrogens is 248 g/mol. The Labute approximate surface area is 102 Å². The van der Waals surface area contributed by atoms with Gasteiger partial charge in [0.15, 0.2) is 0 Å². The molecule has 0 aliphatic carbocycles. The summed E-state index contributed by atoms with van der Waals surface area (Å²) in [5.74, 6) is -3.03. The van der Waals surface area contributed by atoms with E-state index < -0.39 is 19.0 Å². The Hall–Kier alpha value is -1.13. The second-order valence-electron chi connectivity index (χ2n) is 3.99. The third-order valence-electron chi connectivity index (χ3n) is 2.77. The molecule has 0 atom stereocenters. The van der Waals surface area contributed by atoms with Gasteiger partial charge >= 0.3 is 0 Å². The third-order valence-corrected chi connectivity index (χ3v) is 3.01. The molecule has 0 amide bonds. The van der Waals surface area contributed by atoms with E-state index in [1.807, 2.05) is 0 Å². The van der Waals surface area contributed by atoms with Crippen molar-refractivity contribution < 1.29 is 13.9 Å². The van der Waals surface area contributed by atoms with Gasteiger partial charge in [-0.1, -0.05) is 17.7 Å². The molecule has 17 heavy (non-hydrogen) atoms. The molecule has 0 unspecified atom stereocenters. The molecule has 0 aliphatic rings. The molecule has 0 radical (unpaired) electrons. The number of halogens is 3. The molecule has 0 bridgehead atoms. The summed E-state index contributed by atoms with van der Waals surface area (Å²) in [5.41, 5.74) is 0.589. The fraction of sp³-hybridized carbons (Fsp3) is 0.333. The van der Waals surface area contributed by atoms with Crippen LogP contribution in [0, 0.1) is 0 Å². The van der Waals surface area contributed by atoms with Crippen molar-refractivity contribution in [3.05, 3.63) is 35.0 Å². The standard InChI is InChI=1S/C12H12ClF2NO/c1-16-7-10(12(14,15)4-5-17)9-3-2-8(13)6-11(9)16/h2-3,6-7,17H,4-5H2,1H3. The summed E-state index contributed by atoms with van der Waals surface area (Å²) in [7, 11) is 1.69. The zero-order valence-electron chi connectivity index (χ0n) is 9.25. The minimum Gasteiger partial charge on any atom is -0.396 e. The molecule has 2 rings (SSSR count). The van der Waals surface area contributed by atoms with E-state index in [1.165, 1.54) is 6.20 Å². The normalized spacial score (nSPS) is 12.3. The van der Waals surface area contributed by atoms with Gasteiger partial charge in [-0.05, 0) is 12.1 Å². The number of nitrogens with zero attached hydrogens (tertiary/aromatic N) is 1. The second-order valence-corrected chi connectivity index (χ2v) is 4.43. The first-order valence-corrected chi connectivity index (χ1v) is 5.57. The second kappa shape index (κ2) is 4.27. The van der Waals surface area contributed by atoms with E-state index in [4.69, 9.17) is 16.7 Å². The lowest BCUT2D eigenvalue weighted by Gasteiger charge is -2.13. The lowest BCUT2D eigenvalue weighted by Crippen LogP contribution is -2.14. The summed E-state index contributed by atoms with van der Waals surface area (Å²) in [6, 6.07) is 4.82. The monoisotopic (exact) mass is 259 g/mol. The third kappa shape index (κ3) is 2.15. The molecule has 1 aromatic carbocycles. The highest BCUT2D eigenvalue weighted by molar-refractivity contribution is 6.31. The van der Waals surface area contributed by atoms with Crippen LogP contribution in [0.3, 0.4) is 0 Å². The van der Waals surface area contributed by atoms with Crippen LogP contribution in [0.2, 0.25) is 5.02 Å². The smallest absolute Gasteiger partial charge is 0.277 e. The van der Waals surface area contributed by atoms with E-state index in [0.717, 1.165) is 0 Å². The van der Waals surface area contributed by atoms with Gasteiger partial charge in [0.25, 0.3) is 5.92 Å². The maximum atomic E-state index is 13.8. The highest BCUT2D eigenvalue weighted by Crippen LogP contribution is 2.37. The number of aliphatic hydroxyl groups is 1. The largest absolute Gasteiger partial charge is 0.396 e. The number of aryl methyl sites for hydroxylation is 1. The molecule has 92 valence electrons. The Morgan fingerprint density at radius 1 is 1.41 bits per heavy atom. The highest BCUT2D eigenvalue weighted by atomic mass is 35.5. The fourth-order valence-electron chi connectivity index (χ4n) is 1.92. The minimum atomic E-state index is -3.03. The number of fused-ring (bicyclic) bond motifs is 1. The summed E-state index contributed by atoms with van der Waals surface area (Å²) >= 11 is 5.83. The molecule has 0 fully saturated rings. The lowest BCUT2D eigenvalue weighted by molar-refractivity contribution is -0.0256. The molecule has 0 spiro atoms. The van der Waals surface area contributed by atoms with Crippen molar-refractivity contribution in [3.63, 3.8) is 0 Å². The van der Waals surface area contributed by atoms with Gasteiger partial charge in [0, 0.05) is 47.8 Å². The number of hydrogen-bond donors (Lipinski definition) is 1. The van der Waals surface area contributed by atoms with Crippen molar-refractivity contribution >= 4 is 22.5 Å². The Kier molecular flexibility index (Phi) is 3.10. The summed E-state index contributed by atoms with van der Waals surface area (Å²) in [4.78, 5) is 0. The Balaban J connectivity index is 2.63. The van der Waals surface area contributed by atoms with E-state index in [-0.39, 0.29) is 5.56 Å². The van der Waals surface area contributed by atoms with Gasteiger partial charge in [-0.2, -0.15) is 0 Å². The van der Waals surface area contributed by atoms with Gasteiger partial charge in [0.2, 0.25) is 0 Å². The minimum absolute atomic E-state index is 0.0688. The van der Waals surface area contributed by atoms with Gasteiger partial charge in [-0.15, -0.1) is 0 Å². The van der Waals surface area contributed by atoms with Crippen molar-refractivity contribution in [2.75, 3.05) is 6.61 Å². The van der Waals surface area contributed by atoms with Crippen LogP contribution in [-0.4, -0.2) is 16.3 Å². The Bertz CT molecular complexity index is 551. The zero-order valence-corrected chi connectivity index (χ0v) is 10.0. The Morgan fingerprint density at radius 3 is 2.76 bits per heavy atom. The van der Waals surface area contributed by atoms with Gasteiger partial charge < -0.3 is 9.67 Å². The molecule has 0 aliphatic heterocycles. The highest BCUT2D eigenvalue weighted by Gasteiger charge is 2.33. The van der Waals surface area contributed by atoms with Gasteiger partial charge in [-0.3, -0.25) is 0 Å². The molecular formula is C12H12ClF2NO. The van der Waals surface area contributed by atoms with Crippen LogP contribution in [-0.2, 0) is 13.0 Å². The predicted octanol–water partition coefficient (Wildman–Crippen LogP) is 3.31. The molecule has 2 nitrogen and oxygen atoms in total. The topological polar surface area (TPSA) is 25.2 Å². The van der Waals surface area contributed by atoms with Crippen LogP contribution in [0.5, 0.6) is 0 Å². The van der Waals surface area contributed by atoms with Crippen molar-refractivity contribution in [1.82, 2.24) is 4.57 Å². The van der Waals surface area contributed by atoms with Gasteiger partial charge in [-0.25, -0.2) is 8.78 Å². The van der Waals surface area contributed by atoms with E-state index in [2.05, 4.69) is 0 Å². The van der Waals surface area contributed by atoms with Crippen molar-refractivity contribution in [1.29, 1.82) is 0 Å². The number of aromatic nitrogens is 1. The summed E-state index contributed by atoms with van der Waals surface area (Å²) in [6.07, 6.45) is 0.811. The SMILES string of the molecule is Cn1cc(C(F)(F)CCO)c2ccc(Cl)cc21. The first-order valence-electron chi connectivity index (χ1n) is 5.19. The van der Waals surface area contributed by atoms with Crippen molar-refractivity contribution in [2.24, 2.45) is 7.05 Å². The average Bonchev–Trinajstić information content (AvgIpc) is 2.57. The molecule has 1 N–H and O–H groups in total. The first kappa shape index (κ1) is 12.3. The predicted molar refractivity (Wildman–Crippen MR) is 63.5 cm³/mol. The van der Waals surface area contributed by atoms with Crippen LogP contribution in [0.1, 0.15) is 12.0 Å². The molecule has 0 saturated heterocycles. The van der Waals surface area contributed by atoms with Crippen LogP contribution in [0.15, 0.2) is 24.4 Å². The van der Waals surface area contributed by atoms with Crippen LogP contribution in [0.25, 0.3) is 10.9 Å². The van der Waals surface area contributed by atoms with E-state index in [0.29, 0.717) is 15.9 Å². The molecule has 1 heterocycles. The zero-order chi connectivity index (χ0) is 12.6. The lowest BCUT2D eigenvalue weighted by atomic mass is 10.1. The van der Waals surface area contributed by atoms with Gasteiger partial charge in [0.1, 0.15) is 0 Å².